The summed E-state index contributed by atoms with van der Waals surface area (Å²) in [6, 6.07) is 0. The molecular formula is C9H16O5. The van der Waals surface area contributed by atoms with Crippen LogP contribution in [0.4, 0.5) is 0 Å². The molecular weight excluding hydrogens is 188 g/mol. The van der Waals surface area contributed by atoms with Gasteiger partial charge in [0.15, 0.2) is 5.79 Å². The van der Waals surface area contributed by atoms with Crippen molar-refractivity contribution in [2.45, 2.75) is 37.9 Å². The number of rotatable bonds is 2. The average Bonchev–Trinajstić information content (AvgIpc) is 2.70. The van der Waals surface area contributed by atoms with E-state index < -0.39 is 5.79 Å². The molecule has 3 atom stereocenters. The van der Waals surface area contributed by atoms with Crippen LogP contribution in [0.3, 0.4) is 0 Å². The summed E-state index contributed by atoms with van der Waals surface area (Å²) in [7, 11) is 0. The minimum atomic E-state index is -0.559. The summed E-state index contributed by atoms with van der Waals surface area (Å²) in [6.45, 7) is 4.37. The van der Waals surface area contributed by atoms with E-state index in [1.54, 1.807) is 0 Å². The second kappa shape index (κ2) is 3.75. The van der Waals surface area contributed by atoms with Gasteiger partial charge in [-0.15, -0.1) is 0 Å². The summed E-state index contributed by atoms with van der Waals surface area (Å²) >= 11 is 0. The molecule has 1 N–H and O–H groups in total. The van der Waals surface area contributed by atoms with E-state index in [2.05, 4.69) is 0 Å². The van der Waals surface area contributed by atoms with Crippen LogP contribution in [-0.4, -0.2) is 49.2 Å². The molecule has 0 aromatic rings. The highest BCUT2D eigenvalue weighted by Crippen LogP contribution is 2.29. The predicted octanol–water partition coefficient (Wildman–Crippen LogP) is -0.128. The van der Waals surface area contributed by atoms with Gasteiger partial charge in [-0.05, 0) is 13.8 Å². The van der Waals surface area contributed by atoms with Gasteiger partial charge in [-0.25, -0.2) is 0 Å². The molecule has 0 amide bonds. The molecule has 2 aliphatic rings. The molecule has 14 heavy (non-hydrogen) atoms. The fourth-order valence-corrected chi connectivity index (χ4v) is 1.79. The first kappa shape index (κ1) is 10.3. The molecule has 5 nitrogen and oxygen atoms in total. The Bertz CT molecular complexity index is 205. The Morgan fingerprint density at radius 1 is 1.36 bits per heavy atom. The SMILES string of the molecule is CC1(C)OCC(C2OCOC2CO)O1. The molecule has 5 heteroatoms. The lowest BCUT2D eigenvalue weighted by Crippen LogP contribution is -2.39. The Balaban J connectivity index is 1.95. The summed E-state index contributed by atoms with van der Waals surface area (Å²) in [5, 5.41) is 9.03. The van der Waals surface area contributed by atoms with Crippen LogP contribution in [0.15, 0.2) is 0 Å². The third-order valence-electron chi connectivity index (χ3n) is 2.49. The van der Waals surface area contributed by atoms with E-state index in [9.17, 15) is 0 Å². The lowest BCUT2D eigenvalue weighted by molar-refractivity contribution is -0.153. The lowest BCUT2D eigenvalue weighted by atomic mass is 10.1. The maximum Gasteiger partial charge on any atom is 0.163 e. The van der Waals surface area contributed by atoms with Gasteiger partial charge < -0.3 is 24.1 Å². The first-order valence-electron chi connectivity index (χ1n) is 4.78. The predicted molar refractivity (Wildman–Crippen MR) is 46.6 cm³/mol. The number of aliphatic hydroxyl groups is 1. The van der Waals surface area contributed by atoms with Gasteiger partial charge in [-0.3, -0.25) is 0 Å². The molecule has 0 bridgehead atoms. The van der Waals surface area contributed by atoms with Gasteiger partial charge in [0.2, 0.25) is 0 Å². The van der Waals surface area contributed by atoms with Crippen LogP contribution in [0.1, 0.15) is 13.8 Å². The van der Waals surface area contributed by atoms with Crippen LogP contribution in [0.2, 0.25) is 0 Å². The Hall–Kier alpha value is -0.200. The second-order valence-electron chi connectivity index (χ2n) is 4.00. The third-order valence-corrected chi connectivity index (χ3v) is 2.49. The van der Waals surface area contributed by atoms with Gasteiger partial charge in [-0.2, -0.15) is 0 Å². The van der Waals surface area contributed by atoms with Crippen molar-refractivity contribution in [1.29, 1.82) is 0 Å². The largest absolute Gasteiger partial charge is 0.394 e. The number of ether oxygens (including phenoxy) is 4. The molecule has 0 spiro atoms. The summed E-state index contributed by atoms with van der Waals surface area (Å²) < 4.78 is 21.6. The van der Waals surface area contributed by atoms with Crippen molar-refractivity contribution in [2.24, 2.45) is 0 Å². The van der Waals surface area contributed by atoms with Gasteiger partial charge >= 0.3 is 0 Å². The molecule has 2 heterocycles. The molecule has 2 aliphatic heterocycles. The van der Waals surface area contributed by atoms with E-state index in [0.717, 1.165) is 0 Å². The number of aliphatic hydroxyl groups excluding tert-OH is 1. The topological polar surface area (TPSA) is 57.2 Å². The van der Waals surface area contributed by atoms with Crippen molar-refractivity contribution in [3.05, 3.63) is 0 Å². The average molecular weight is 204 g/mol. The number of hydrogen-bond acceptors (Lipinski definition) is 5. The van der Waals surface area contributed by atoms with E-state index >= 15 is 0 Å². The van der Waals surface area contributed by atoms with Crippen LogP contribution >= 0.6 is 0 Å². The normalized spacial score (nSPS) is 41.8. The standard InChI is InChI=1S/C9H16O5/c1-9(2)13-4-7(14-9)8-6(3-10)11-5-12-8/h6-8,10H,3-5H2,1-2H3. The Morgan fingerprint density at radius 2 is 2.14 bits per heavy atom. The highest BCUT2D eigenvalue weighted by atomic mass is 16.8. The highest BCUT2D eigenvalue weighted by molar-refractivity contribution is 4.86. The van der Waals surface area contributed by atoms with Crippen molar-refractivity contribution >= 4 is 0 Å². The molecule has 2 rings (SSSR count). The molecule has 0 aromatic carbocycles. The molecule has 2 fully saturated rings. The lowest BCUT2D eigenvalue weighted by Gasteiger charge is -2.22. The van der Waals surface area contributed by atoms with Crippen LogP contribution in [-0.2, 0) is 18.9 Å². The van der Waals surface area contributed by atoms with Crippen molar-refractivity contribution in [2.75, 3.05) is 20.0 Å². The molecule has 0 aliphatic carbocycles. The minimum Gasteiger partial charge on any atom is -0.394 e. The number of hydrogen-bond donors (Lipinski definition) is 1. The first-order chi connectivity index (χ1) is 6.62. The second-order valence-corrected chi connectivity index (χ2v) is 4.00. The zero-order chi connectivity index (χ0) is 10.2. The fourth-order valence-electron chi connectivity index (χ4n) is 1.79. The highest BCUT2D eigenvalue weighted by Gasteiger charge is 2.43. The summed E-state index contributed by atoms with van der Waals surface area (Å²) in [6.07, 6.45) is -0.663. The molecule has 2 saturated heterocycles. The van der Waals surface area contributed by atoms with Gasteiger partial charge in [-0.1, -0.05) is 0 Å². The van der Waals surface area contributed by atoms with Crippen molar-refractivity contribution in [3.63, 3.8) is 0 Å². The maximum atomic E-state index is 9.03. The van der Waals surface area contributed by atoms with E-state index in [1.807, 2.05) is 13.8 Å². The van der Waals surface area contributed by atoms with Crippen LogP contribution in [0.5, 0.6) is 0 Å². The van der Waals surface area contributed by atoms with Crippen LogP contribution in [0, 0.1) is 0 Å². The Labute approximate surface area is 82.9 Å². The van der Waals surface area contributed by atoms with E-state index in [4.69, 9.17) is 24.1 Å². The van der Waals surface area contributed by atoms with E-state index in [-0.39, 0.29) is 31.7 Å². The van der Waals surface area contributed by atoms with Crippen molar-refractivity contribution in [1.82, 2.24) is 0 Å². The van der Waals surface area contributed by atoms with Crippen LogP contribution in [0.25, 0.3) is 0 Å². The van der Waals surface area contributed by atoms with E-state index in [1.165, 1.54) is 0 Å². The third kappa shape index (κ3) is 1.92. The van der Waals surface area contributed by atoms with Crippen molar-refractivity contribution in [3.8, 4) is 0 Å². The summed E-state index contributed by atoms with van der Waals surface area (Å²) in [5.74, 6) is -0.559. The molecule has 82 valence electrons. The smallest absolute Gasteiger partial charge is 0.163 e. The Morgan fingerprint density at radius 3 is 2.71 bits per heavy atom. The van der Waals surface area contributed by atoms with Gasteiger partial charge in [0.25, 0.3) is 0 Å². The molecule has 0 aromatic heterocycles. The van der Waals surface area contributed by atoms with Gasteiger partial charge in [0.1, 0.15) is 25.1 Å². The molecule has 0 saturated carbocycles. The minimum absolute atomic E-state index is 0.0506. The summed E-state index contributed by atoms with van der Waals surface area (Å²) in [5.41, 5.74) is 0. The Kier molecular flexibility index (Phi) is 2.77. The zero-order valence-corrected chi connectivity index (χ0v) is 8.43. The van der Waals surface area contributed by atoms with Gasteiger partial charge in [0, 0.05) is 0 Å². The molecule has 3 unspecified atom stereocenters. The molecule has 0 radical (unpaired) electrons. The maximum absolute atomic E-state index is 9.03. The summed E-state index contributed by atoms with van der Waals surface area (Å²) in [4.78, 5) is 0. The van der Waals surface area contributed by atoms with Gasteiger partial charge in [0.05, 0.1) is 13.2 Å². The monoisotopic (exact) mass is 204 g/mol. The zero-order valence-electron chi connectivity index (χ0n) is 8.43. The van der Waals surface area contributed by atoms with E-state index in [0.29, 0.717) is 6.61 Å². The van der Waals surface area contributed by atoms with Crippen LogP contribution < -0.4 is 0 Å². The quantitative estimate of drug-likeness (QED) is 0.679. The fraction of sp³-hybridized carbons (Fsp3) is 1.00. The first-order valence-corrected chi connectivity index (χ1v) is 4.78. The van der Waals surface area contributed by atoms with Crippen molar-refractivity contribution < 1.29 is 24.1 Å².